The van der Waals surface area contributed by atoms with Gasteiger partial charge in [-0.15, -0.1) is 0 Å². The number of nitrogens with one attached hydrogen (secondary N) is 1. The fourth-order valence-corrected chi connectivity index (χ4v) is 2.24. The van der Waals surface area contributed by atoms with Crippen molar-refractivity contribution < 1.29 is 6.22 Å². The number of rotatable bonds is 4. The zero-order valence-electron chi connectivity index (χ0n) is 11.3. The van der Waals surface area contributed by atoms with E-state index in [-0.39, 0.29) is 12.9 Å². The summed E-state index contributed by atoms with van der Waals surface area (Å²) in [5.74, 6) is 0.932. The second-order valence-corrected chi connectivity index (χ2v) is 5.67. The van der Waals surface area contributed by atoms with Gasteiger partial charge >= 0.3 is 0 Å². The molecule has 0 spiro atoms. The second-order valence-electron chi connectivity index (χ2n) is 5.67. The number of allylic oxidation sites excluding steroid dienone is 1. The zero-order valence-corrected chi connectivity index (χ0v) is 11.3. The van der Waals surface area contributed by atoms with E-state index in [2.05, 4.69) is 25.7 Å². The highest BCUT2D eigenvalue weighted by Crippen LogP contribution is 2.39. The minimum Gasteiger partial charge on any atom is -0.384 e. The molecule has 1 aliphatic carbocycles. The van der Waals surface area contributed by atoms with Crippen molar-refractivity contribution in [3.05, 3.63) is 24.4 Å². The van der Waals surface area contributed by atoms with Crippen LogP contribution in [0.3, 0.4) is 0 Å². The standard InChI is InChI=1S/C14H21N3O.H2/c1-9(2)17-8-7-11(12(17)15)13(18)16-14(3,4)10-5-6-10;/h7-8,10H,1,5-6,15H2,2-4H3,(H,16,18);1H. The number of nitrogens with two attached hydrogens (primary N) is 1. The molecule has 0 atom stereocenters. The molecule has 0 bridgehead atoms. The summed E-state index contributed by atoms with van der Waals surface area (Å²) in [6, 6.07) is 1.74. The van der Waals surface area contributed by atoms with Crippen molar-refractivity contribution in [3.8, 4) is 0 Å². The predicted octanol–water partition coefficient (Wildman–Crippen LogP) is 2.73. The normalized spacial score (nSPS) is 15.5. The molecule has 100 valence electrons. The van der Waals surface area contributed by atoms with Gasteiger partial charge in [0.15, 0.2) is 0 Å². The molecule has 0 unspecified atom stereocenters. The Kier molecular flexibility index (Phi) is 2.97. The average Bonchev–Trinajstić information content (AvgIpc) is 3.01. The van der Waals surface area contributed by atoms with Crippen LogP contribution in [-0.2, 0) is 0 Å². The van der Waals surface area contributed by atoms with Crippen LogP contribution in [0.15, 0.2) is 18.8 Å². The van der Waals surface area contributed by atoms with Crippen molar-refractivity contribution in [1.29, 1.82) is 0 Å². The van der Waals surface area contributed by atoms with Gasteiger partial charge in [0.25, 0.3) is 5.91 Å². The van der Waals surface area contributed by atoms with E-state index in [9.17, 15) is 4.79 Å². The Morgan fingerprint density at radius 3 is 2.67 bits per heavy atom. The van der Waals surface area contributed by atoms with E-state index in [1.165, 1.54) is 12.8 Å². The summed E-state index contributed by atoms with van der Waals surface area (Å²) in [6.45, 7) is 9.80. The fraction of sp³-hybridized carbons (Fsp3) is 0.500. The number of anilines is 1. The highest BCUT2D eigenvalue weighted by atomic mass is 16.1. The lowest BCUT2D eigenvalue weighted by Crippen LogP contribution is -2.45. The average molecular weight is 249 g/mol. The summed E-state index contributed by atoms with van der Waals surface area (Å²) in [5, 5.41) is 3.07. The van der Waals surface area contributed by atoms with Gasteiger partial charge in [-0.3, -0.25) is 4.79 Å². The van der Waals surface area contributed by atoms with Crippen molar-refractivity contribution >= 4 is 17.4 Å². The monoisotopic (exact) mass is 249 g/mol. The highest BCUT2D eigenvalue weighted by Gasteiger charge is 2.39. The number of hydrogen-bond acceptors (Lipinski definition) is 2. The Morgan fingerprint density at radius 2 is 2.22 bits per heavy atom. The Bertz CT molecular complexity index is 501. The van der Waals surface area contributed by atoms with Gasteiger partial charge in [-0.25, -0.2) is 0 Å². The van der Waals surface area contributed by atoms with Crippen LogP contribution in [0.5, 0.6) is 0 Å². The molecule has 1 saturated carbocycles. The molecule has 18 heavy (non-hydrogen) atoms. The van der Waals surface area contributed by atoms with Crippen LogP contribution in [0, 0.1) is 5.92 Å². The number of amides is 1. The Labute approximate surface area is 109 Å². The molecule has 0 saturated heterocycles. The number of carbonyl (C=O) groups excluding carboxylic acids is 1. The predicted molar refractivity (Wildman–Crippen MR) is 76.2 cm³/mol. The van der Waals surface area contributed by atoms with E-state index in [4.69, 9.17) is 5.73 Å². The number of nitrogen functional groups attached to an aromatic ring is 1. The van der Waals surface area contributed by atoms with Gasteiger partial charge in [0.2, 0.25) is 0 Å². The van der Waals surface area contributed by atoms with Crippen molar-refractivity contribution in [2.75, 3.05) is 5.73 Å². The first-order valence-electron chi connectivity index (χ1n) is 6.28. The minimum atomic E-state index is -0.158. The maximum Gasteiger partial charge on any atom is 0.255 e. The molecule has 0 aliphatic heterocycles. The van der Waals surface area contributed by atoms with E-state index in [1.807, 2.05) is 6.92 Å². The molecule has 3 N–H and O–H groups in total. The number of carbonyl (C=O) groups is 1. The summed E-state index contributed by atoms with van der Waals surface area (Å²) in [7, 11) is 0. The van der Waals surface area contributed by atoms with Gasteiger partial charge < -0.3 is 15.6 Å². The van der Waals surface area contributed by atoms with Crippen molar-refractivity contribution in [1.82, 2.24) is 9.88 Å². The maximum absolute atomic E-state index is 12.2. The first-order valence-corrected chi connectivity index (χ1v) is 6.28. The SMILES string of the molecule is C=C(C)n1ccc(C(=O)NC(C)(C)C2CC2)c1N.[HH]. The summed E-state index contributed by atoms with van der Waals surface area (Å²) >= 11 is 0. The molecule has 2 rings (SSSR count). The lowest BCUT2D eigenvalue weighted by molar-refractivity contribution is 0.0904. The summed E-state index contributed by atoms with van der Waals surface area (Å²) in [5.41, 5.74) is 7.12. The van der Waals surface area contributed by atoms with Gasteiger partial charge in [-0.2, -0.15) is 0 Å². The van der Waals surface area contributed by atoms with E-state index in [1.54, 1.807) is 16.8 Å². The fourth-order valence-electron chi connectivity index (χ4n) is 2.24. The third kappa shape index (κ3) is 2.28. The third-order valence-corrected chi connectivity index (χ3v) is 3.62. The molecule has 1 fully saturated rings. The van der Waals surface area contributed by atoms with Gasteiger partial charge in [0.05, 0.1) is 5.56 Å². The van der Waals surface area contributed by atoms with Crippen LogP contribution < -0.4 is 11.1 Å². The number of hydrogen-bond donors (Lipinski definition) is 2. The number of nitrogens with zero attached hydrogens (tertiary/aromatic N) is 1. The quantitative estimate of drug-likeness (QED) is 0.862. The van der Waals surface area contributed by atoms with E-state index >= 15 is 0 Å². The van der Waals surface area contributed by atoms with Crippen LogP contribution in [0.2, 0.25) is 0 Å². The van der Waals surface area contributed by atoms with Gasteiger partial charge in [0, 0.05) is 18.9 Å². The van der Waals surface area contributed by atoms with Gasteiger partial charge in [0.1, 0.15) is 5.82 Å². The molecule has 4 heteroatoms. The maximum atomic E-state index is 12.2. The van der Waals surface area contributed by atoms with Crippen molar-refractivity contribution in [2.24, 2.45) is 5.92 Å². The molecule has 1 heterocycles. The molecular formula is C14H23N3O. The van der Waals surface area contributed by atoms with Gasteiger partial charge in [-0.1, -0.05) is 6.58 Å². The molecule has 1 aromatic rings. The van der Waals surface area contributed by atoms with Crippen LogP contribution in [0.4, 0.5) is 5.82 Å². The lowest BCUT2D eigenvalue weighted by Gasteiger charge is -2.26. The van der Waals surface area contributed by atoms with Crippen molar-refractivity contribution in [2.45, 2.75) is 39.2 Å². The minimum absolute atomic E-state index is 0. The van der Waals surface area contributed by atoms with Crippen LogP contribution in [-0.4, -0.2) is 16.0 Å². The first kappa shape index (κ1) is 12.7. The molecular weight excluding hydrogens is 226 g/mol. The van der Waals surface area contributed by atoms with Crippen LogP contribution >= 0.6 is 0 Å². The Hall–Kier alpha value is -1.71. The Morgan fingerprint density at radius 1 is 1.61 bits per heavy atom. The highest BCUT2D eigenvalue weighted by molar-refractivity contribution is 5.99. The van der Waals surface area contributed by atoms with E-state index in [0.29, 0.717) is 17.3 Å². The van der Waals surface area contributed by atoms with E-state index in [0.717, 1.165) is 5.70 Å². The smallest absolute Gasteiger partial charge is 0.255 e. The van der Waals surface area contributed by atoms with E-state index < -0.39 is 0 Å². The van der Waals surface area contributed by atoms with Crippen molar-refractivity contribution in [3.63, 3.8) is 0 Å². The molecule has 1 amide bonds. The summed E-state index contributed by atoms with van der Waals surface area (Å²) in [6.07, 6.45) is 4.15. The summed E-state index contributed by atoms with van der Waals surface area (Å²) < 4.78 is 1.72. The molecule has 4 nitrogen and oxygen atoms in total. The zero-order chi connectivity index (χ0) is 13.5. The summed E-state index contributed by atoms with van der Waals surface area (Å²) in [4.78, 5) is 12.2. The molecule has 0 radical (unpaired) electrons. The number of aromatic nitrogens is 1. The van der Waals surface area contributed by atoms with Crippen LogP contribution in [0.1, 0.15) is 45.4 Å². The largest absolute Gasteiger partial charge is 0.384 e. The van der Waals surface area contributed by atoms with Gasteiger partial charge in [-0.05, 0) is 45.6 Å². The molecule has 1 aromatic heterocycles. The first-order chi connectivity index (χ1) is 8.33. The Balaban J connectivity index is 0.00000180. The molecule has 1 aliphatic rings. The third-order valence-electron chi connectivity index (χ3n) is 3.62. The second kappa shape index (κ2) is 4.19. The molecule has 0 aromatic carbocycles. The topological polar surface area (TPSA) is 60.0 Å². The lowest BCUT2D eigenvalue weighted by atomic mass is 9.98. The van der Waals surface area contributed by atoms with Crippen LogP contribution in [0.25, 0.3) is 5.70 Å².